The van der Waals surface area contributed by atoms with Crippen molar-refractivity contribution in [1.29, 1.82) is 0 Å². The van der Waals surface area contributed by atoms with E-state index in [1.165, 1.54) is 4.90 Å². The second-order valence-electron chi connectivity index (χ2n) is 8.62. The Bertz CT molecular complexity index is 1190. The van der Waals surface area contributed by atoms with Crippen molar-refractivity contribution in [1.82, 2.24) is 4.90 Å². The molecular weight excluding hydrogens is 424 g/mol. The summed E-state index contributed by atoms with van der Waals surface area (Å²) in [6.07, 6.45) is 1.52. The molecule has 1 aliphatic heterocycles. The molecule has 0 saturated heterocycles. The van der Waals surface area contributed by atoms with Crippen LogP contribution in [0.25, 0.3) is 5.57 Å². The van der Waals surface area contributed by atoms with Crippen molar-refractivity contribution in [3.8, 4) is 5.75 Å². The van der Waals surface area contributed by atoms with Gasteiger partial charge >= 0.3 is 0 Å². The SMILES string of the molecule is CCCOc1ccc(C2=C(Nc3cc(C)cc(C)c3)C(=O)N(CCc3ccccc3)C2=O)cc1. The van der Waals surface area contributed by atoms with Gasteiger partial charge < -0.3 is 10.1 Å². The first-order valence-corrected chi connectivity index (χ1v) is 11.7. The number of nitrogens with one attached hydrogen (secondary N) is 1. The highest BCUT2D eigenvalue weighted by Crippen LogP contribution is 2.32. The summed E-state index contributed by atoms with van der Waals surface area (Å²) in [5.41, 5.74) is 5.43. The highest BCUT2D eigenvalue weighted by Gasteiger charge is 2.39. The predicted octanol–water partition coefficient (Wildman–Crippen LogP) is 5.53. The number of amides is 2. The van der Waals surface area contributed by atoms with Gasteiger partial charge in [-0.05, 0) is 73.2 Å². The Labute approximate surface area is 201 Å². The molecule has 5 heteroatoms. The summed E-state index contributed by atoms with van der Waals surface area (Å²) in [5.74, 6) is 0.157. The maximum absolute atomic E-state index is 13.5. The first kappa shape index (κ1) is 23.3. The van der Waals surface area contributed by atoms with Crippen LogP contribution in [0.5, 0.6) is 5.75 Å². The highest BCUT2D eigenvalue weighted by molar-refractivity contribution is 6.36. The lowest BCUT2D eigenvalue weighted by Crippen LogP contribution is -2.34. The van der Waals surface area contributed by atoms with E-state index in [0.29, 0.717) is 36.4 Å². The topological polar surface area (TPSA) is 58.6 Å². The first-order chi connectivity index (χ1) is 16.5. The van der Waals surface area contributed by atoms with Crippen molar-refractivity contribution in [2.24, 2.45) is 0 Å². The fraction of sp³-hybridized carbons (Fsp3) is 0.241. The molecule has 3 aromatic carbocycles. The molecule has 174 valence electrons. The molecule has 0 radical (unpaired) electrons. The number of hydrogen-bond donors (Lipinski definition) is 1. The summed E-state index contributed by atoms with van der Waals surface area (Å²) in [6.45, 7) is 7.02. The number of nitrogens with zero attached hydrogens (tertiary/aromatic N) is 1. The quantitative estimate of drug-likeness (QED) is 0.432. The number of ether oxygens (including phenoxy) is 1. The summed E-state index contributed by atoms with van der Waals surface area (Å²) in [7, 11) is 0. The molecule has 0 unspecified atom stereocenters. The van der Waals surface area contributed by atoms with Gasteiger partial charge in [0, 0.05) is 12.2 Å². The van der Waals surface area contributed by atoms with Gasteiger partial charge in [0.1, 0.15) is 11.4 Å². The van der Waals surface area contributed by atoms with Crippen LogP contribution in [0, 0.1) is 13.8 Å². The van der Waals surface area contributed by atoms with Crippen molar-refractivity contribution >= 4 is 23.1 Å². The predicted molar refractivity (Wildman–Crippen MR) is 136 cm³/mol. The molecule has 3 aromatic rings. The minimum atomic E-state index is -0.304. The molecule has 0 bridgehead atoms. The van der Waals surface area contributed by atoms with E-state index in [0.717, 1.165) is 34.5 Å². The third-order valence-electron chi connectivity index (χ3n) is 5.74. The summed E-state index contributed by atoms with van der Waals surface area (Å²) >= 11 is 0. The maximum Gasteiger partial charge on any atom is 0.278 e. The van der Waals surface area contributed by atoms with E-state index in [9.17, 15) is 9.59 Å². The fourth-order valence-electron chi connectivity index (χ4n) is 4.18. The van der Waals surface area contributed by atoms with Crippen LogP contribution >= 0.6 is 0 Å². The Kier molecular flexibility index (Phi) is 7.12. The van der Waals surface area contributed by atoms with Gasteiger partial charge in [-0.1, -0.05) is 55.5 Å². The molecule has 0 saturated carbocycles. The molecule has 0 spiro atoms. The minimum Gasteiger partial charge on any atom is -0.494 e. The second kappa shape index (κ2) is 10.4. The molecule has 1 N–H and O–H groups in total. The third kappa shape index (κ3) is 5.20. The molecule has 0 fully saturated rings. The Morgan fingerprint density at radius 2 is 1.53 bits per heavy atom. The first-order valence-electron chi connectivity index (χ1n) is 11.7. The lowest BCUT2D eigenvalue weighted by molar-refractivity contribution is -0.136. The molecular formula is C29H30N2O3. The monoisotopic (exact) mass is 454 g/mol. The van der Waals surface area contributed by atoms with E-state index < -0.39 is 0 Å². The Hall–Kier alpha value is -3.86. The van der Waals surface area contributed by atoms with Crippen molar-refractivity contribution in [2.75, 3.05) is 18.5 Å². The summed E-state index contributed by atoms with van der Waals surface area (Å²) in [5, 5.41) is 3.26. The zero-order valence-corrected chi connectivity index (χ0v) is 19.9. The van der Waals surface area contributed by atoms with Gasteiger partial charge in [-0.25, -0.2) is 0 Å². The van der Waals surface area contributed by atoms with Crippen molar-refractivity contribution in [2.45, 2.75) is 33.6 Å². The van der Waals surface area contributed by atoms with Crippen LogP contribution in [0.15, 0.2) is 78.5 Å². The molecule has 2 amide bonds. The van der Waals surface area contributed by atoms with E-state index in [-0.39, 0.29) is 11.8 Å². The number of rotatable bonds is 9. The van der Waals surface area contributed by atoms with Crippen LogP contribution in [0.1, 0.15) is 35.6 Å². The van der Waals surface area contributed by atoms with Gasteiger partial charge in [-0.15, -0.1) is 0 Å². The van der Waals surface area contributed by atoms with Crippen LogP contribution in [-0.4, -0.2) is 29.9 Å². The van der Waals surface area contributed by atoms with Gasteiger partial charge in [0.2, 0.25) is 0 Å². The number of carbonyl (C=O) groups excluding carboxylic acids is 2. The molecule has 34 heavy (non-hydrogen) atoms. The van der Waals surface area contributed by atoms with Gasteiger partial charge in [-0.3, -0.25) is 14.5 Å². The third-order valence-corrected chi connectivity index (χ3v) is 5.74. The molecule has 0 aliphatic carbocycles. The largest absolute Gasteiger partial charge is 0.494 e. The average molecular weight is 455 g/mol. The number of carbonyl (C=O) groups is 2. The van der Waals surface area contributed by atoms with Crippen LogP contribution in [0.3, 0.4) is 0 Å². The summed E-state index contributed by atoms with van der Waals surface area (Å²) < 4.78 is 5.68. The summed E-state index contributed by atoms with van der Waals surface area (Å²) in [4.78, 5) is 28.3. The van der Waals surface area contributed by atoms with Crippen LogP contribution in [0.2, 0.25) is 0 Å². The molecule has 1 aliphatic rings. The Morgan fingerprint density at radius 3 is 2.18 bits per heavy atom. The molecule has 0 atom stereocenters. The number of benzene rings is 3. The summed E-state index contributed by atoms with van der Waals surface area (Å²) in [6, 6.07) is 23.3. The molecule has 1 heterocycles. The van der Waals surface area contributed by atoms with E-state index in [2.05, 4.69) is 18.3 Å². The molecule has 5 nitrogen and oxygen atoms in total. The standard InChI is InChI=1S/C29H30N2O3/c1-4-16-34-25-12-10-23(11-13-25)26-27(30-24-18-20(2)17-21(3)19-24)29(33)31(28(26)32)15-14-22-8-6-5-7-9-22/h5-13,17-19,30H,4,14-16H2,1-3H3. The number of hydrogen-bond acceptors (Lipinski definition) is 4. The minimum absolute atomic E-state index is 0.282. The van der Waals surface area contributed by atoms with Gasteiger partial charge in [-0.2, -0.15) is 0 Å². The fourth-order valence-corrected chi connectivity index (χ4v) is 4.18. The Balaban J connectivity index is 1.66. The van der Waals surface area contributed by atoms with E-state index in [1.807, 2.05) is 80.6 Å². The van der Waals surface area contributed by atoms with Gasteiger partial charge in [0.05, 0.1) is 12.2 Å². The normalized spacial score (nSPS) is 13.6. The van der Waals surface area contributed by atoms with Crippen LogP contribution in [-0.2, 0) is 16.0 Å². The zero-order valence-electron chi connectivity index (χ0n) is 19.9. The van der Waals surface area contributed by atoms with Crippen LogP contribution in [0.4, 0.5) is 5.69 Å². The van der Waals surface area contributed by atoms with Crippen molar-refractivity contribution in [3.05, 3.63) is 101 Å². The lowest BCUT2D eigenvalue weighted by Gasteiger charge is -2.15. The number of imide groups is 1. The number of aryl methyl sites for hydroxylation is 2. The lowest BCUT2D eigenvalue weighted by atomic mass is 10.0. The number of anilines is 1. The zero-order chi connectivity index (χ0) is 24.1. The van der Waals surface area contributed by atoms with E-state index in [1.54, 1.807) is 0 Å². The van der Waals surface area contributed by atoms with Crippen molar-refractivity contribution < 1.29 is 14.3 Å². The average Bonchev–Trinajstić information content (AvgIpc) is 3.05. The Morgan fingerprint density at radius 1 is 0.853 bits per heavy atom. The molecule has 4 rings (SSSR count). The maximum atomic E-state index is 13.5. The van der Waals surface area contributed by atoms with E-state index >= 15 is 0 Å². The van der Waals surface area contributed by atoms with Crippen LogP contribution < -0.4 is 10.1 Å². The smallest absolute Gasteiger partial charge is 0.278 e. The van der Waals surface area contributed by atoms with Gasteiger partial charge in [0.25, 0.3) is 11.8 Å². The van der Waals surface area contributed by atoms with E-state index in [4.69, 9.17) is 4.74 Å². The van der Waals surface area contributed by atoms with Crippen molar-refractivity contribution in [3.63, 3.8) is 0 Å². The van der Waals surface area contributed by atoms with Gasteiger partial charge in [0.15, 0.2) is 0 Å². The second-order valence-corrected chi connectivity index (χ2v) is 8.62. The highest BCUT2D eigenvalue weighted by atomic mass is 16.5. The molecule has 0 aromatic heterocycles.